The van der Waals surface area contributed by atoms with Crippen LogP contribution in [0.2, 0.25) is 0 Å². The molecule has 120 valence electrons. The van der Waals surface area contributed by atoms with Crippen LogP contribution in [0.15, 0.2) is 48.5 Å². The van der Waals surface area contributed by atoms with Gasteiger partial charge in [-0.3, -0.25) is 0 Å². The third kappa shape index (κ3) is 1.37. The summed E-state index contributed by atoms with van der Waals surface area (Å²) < 4.78 is 0. The van der Waals surface area contributed by atoms with Crippen molar-refractivity contribution in [2.45, 2.75) is 0 Å². The molecule has 4 N–H and O–H groups in total. The SMILES string of the molecule is B1Nc2ccc3c4ccc5c6c(ccc(c7ccc(c2c37)N1)c64)NBN5. The van der Waals surface area contributed by atoms with Crippen molar-refractivity contribution in [2.75, 3.05) is 20.9 Å². The van der Waals surface area contributed by atoms with Crippen LogP contribution in [0.3, 0.4) is 0 Å². The number of nitrogens with one attached hydrogen (secondary N) is 4. The molecule has 6 heteroatoms. The summed E-state index contributed by atoms with van der Waals surface area (Å²) in [5.74, 6) is 0. The molecule has 0 spiro atoms. The van der Waals surface area contributed by atoms with Crippen molar-refractivity contribution < 1.29 is 0 Å². The fraction of sp³-hybridized carbons (Fsp3) is 0. The first-order valence-corrected chi connectivity index (χ1v) is 9.06. The lowest BCUT2D eigenvalue weighted by Crippen LogP contribution is -2.21. The summed E-state index contributed by atoms with van der Waals surface area (Å²) in [4.78, 5) is 0. The summed E-state index contributed by atoms with van der Waals surface area (Å²) in [7, 11) is 1.55. The molecule has 2 aliphatic heterocycles. The average Bonchev–Trinajstić information content (AvgIpc) is 2.70. The molecule has 0 radical (unpaired) electrons. The Morgan fingerprint density at radius 3 is 1.00 bits per heavy atom. The van der Waals surface area contributed by atoms with Gasteiger partial charge in [0.25, 0.3) is 0 Å². The summed E-state index contributed by atoms with van der Waals surface area (Å²) in [6.07, 6.45) is 0. The molecule has 0 fully saturated rings. The number of hydrogen-bond donors (Lipinski definition) is 4. The zero-order valence-corrected chi connectivity index (χ0v) is 14.0. The molecule has 0 bridgehead atoms. The lowest BCUT2D eigenvalue weighted by Gasteiger charge is -2.25. The summed E-state index contributed by atoms with van der Waals surface area (Å²) in [6.45, 7) is 0. The van der Waals surface area contributed by atoms with E-state index >= 15 is 0 Å². The molecule has 5 aromatic carbocycles. The zero-order chi connectivity index (χ0) is 16.8. The monoisotopic (exact) mass is 332 g/mol. The minimum atomic E-state index is 0.775. The van der Waals surface area contributed by atoms with Gasteiger partial charge in [0.2, 0.25) is 0 Å². The van der Waals surface area contributed by atoms with Crippen LogP contribution in [0.5, 0.6) is 0 Å². The van der Waals surface area contributed by atoms with E-state index in [9.17, 15) is 0 Å². The zero-order valence-electron chi connectivity index (χ0n) is 14.0. The third-order valence-electron chi connectivity index (χ3n) is 6.02. The van der Waals surface area contributed by atoms with Crippen molar-refractivity contribution in [3.05, 3.63) is 48.5 Å². The van der Waals surface area contributed by atoms with E-state index in [4.69, 9.17) is 0 Å². The number of anilines is 4. The Balaban J connectivity index is 1.84. The van der Waals surface area contributed by atoms with Crippen molar-refractivity contribution in [1.29, 1.82) is 0 Å². The minimum Gasteiger partial charge on any atom is -0.412 e. The first-order valence-electron chi connectivity index (χ1n) is 9.06. The standard InChI is InChI=1S/C20H14B2N4/c1-5-13-19-14(24-21-23-13)7-3-11-12-4-8-16-20-15(25-22-26-16)6-2-10(18(12)20)9(1)17(11)19/h1-8,21-26H. The van der Waals surface area contributed by atoms with Crippen LogP contribution in [-0.2, 0) is 0 Å². The number of rotatable bonds is 0. The van der Waals surface area contributed by atoms with Gasteiger partial charge in [0, 0.05) is 44.3 Å². The second kappa shape index (κ2) is 4.28. The Labute approximate surface area is 150 Å². The van der Waals surface area contributed by atoms with Crippen molar-refractivity contribution in [3.63, 3.8) is 0 Å². The molecule has 0 saturated carbocycles. The van der Waals surface area contributed by atoms with Gasteiger partial charge in [0.1, 0.15) is 0 Å². The van der Waals surface area contributed by atoms with Crippen LogP contribution >= 0.6 is 0 Å². The van der Waals surface area contributed by atoms with Gasteiger partial charge in [0.05, 0.1) is 0 Å². The Kier molecular flexibility index (Phi) is 2.14. The van der Waals surface area contributed by atoms with Crippen LogP contribution in [-0.4, -0.2) is 15.1 Å². The summed E-state index contributed by atoms with van der Waals surface area (Å²) >= 11 is 0. The molecule has 2 heterocycles. The van der Waals surface area contributed by atoms with E-state index in [0.717, 1.165) is 15.1 Å². The van der Waals surface area contributed by atoms with Gasteiger partial charge < -0.3 is 20.9 Å². The molecular formula is C20H14B2N4. The lowest BCUT2D eigenvalue weighted by molar-refractivity contribution is 1.65. The molecule has 0 aliphatic carbocycles. The smallest absolute Gasteiger partial charge is 0.351 e. The van der Waals surface area contributed by atoms with E-state index in [-0.39, 0.29) is 0 Å². The van der Waals surface area contributed by atoms with Crippen LogP contribution < -0.4 is 20.9 Å². The number of fused-ring (bicyclic) bond motifs is 2. The second-order valence-corrected chi connectivity index (χ2v) is 7.20. The van der Waals surface area contributed by atoms with Crippen molar-refractivity contribution in [3.8, 4) is 0 Å². The molecular weight excluding hydrogens is 318 g/mol. The van der Waals surface area contributed by atoms with E-state index in [1.165, 1.54) is 65.8 Å². The van der Waals surface area contributed by atoms with E-state index in [1.807, 2.05) is 0 Å². The van der Waals surface area contributed by atoms with E-state index in [1.54, 1.807) is 0 Å². The first-order chi connectivity index (χ1) is 12.9. The van der Waals surface area contributed by atoms with Gasteiger partial charge in [-0.1, -0.05) is 24.3 Å². The van der Waals surface area contributed by atoms with Gasteiger partial charge >= 0.3 is 15.1 Å². The van der Waals surface area contributed by atoms with Gasteiger partial charge in [-0.05, 0) is 45.8 Å². The Hall–Kier alpha value is -3.27. The van der Waals surface area contributed by atoms with Gasteiger partial charge in [-0.15, -0.1) is 0 Å². The predicted molar refractivity (Wildman–Crippen MR) is 116 cm³/mol. The molecule has 26 heavy (non-hydrogen) atoms. The highest BCUT2D eigenvalue weighted by Gasteiger charge is 2.22. The fourth-order valence-electron chi connectivity index (χ4n) is 4.95. The van der Waals surface area contributed by atoms with Gasteiger partial charge in [0.15, 0.2) is 0 Å². The highest BCUT2D eigenvalue weighted by molar-refractivity contribution is 6.52. The van der Waals surface area contributed by atoms with Crippen LogP contribution in [0.25, 0.3) is 43.1 Å². The van der Waals surface area contributed by atoms with E-state index in [0.29, 0.717) is 0 Å². The molecule has 5 aromatic rings. The van der Waals surface area contributed by atoms with Gasteiger partial charge in [-0.2, -0.15) is 0 Å². The maximum absolute atomic E-state index is 3.48. The maximum Gasteiger partial charge on any atom is 0.351 e. The van der Waals surface area contributed by atoms with Gasteiger partial charge in [-0.25, -0.2) is 0 Å². The Bertz CT molecular complexity index is 1190. The Morgan fingerprint density at radius 2 is 0.692 bits per heavy atom. The molecule has 0 saturated heterocycles. The van der Waals surface area contributed by atoms with Crippen LogP contribution in [0.4, 0.5) is 22.7 Å². The molecule has 0 amide bonds. The maximum atomic E-state index is 3.48. The highest BCUT2D eigenvalue weighted by Crippen LogP contribution is 2.48. The average molecular weight is 332 g/mol. The van der Waals surface area contributed by atoms with E-state index < -0.39 is 0 Å². The van der Waals surface area contributed by atoms with E-state index in [2.05, 4.69) is 69.4 Å². The largest absolute Gasteiger partial charge is 0.412 e. The molecule has 0 aromatic heterocycles. The quantitative estimate of drug-likeness (QED) is 0.197. The summed E-state index contributed by atoms with van der Waals surface area (Å²) in [5, 5.41) is 24.6. The first kappa shape index (κ1) is 13.0. The van der Waals surface area contributed by atoms with Crippen molar-refractivity contribution in [1.82, 2.24) is 0 Å². The lowest BCUT2D eigenvalue weighted by atomic mass is 9.85. The third-order valence-corrected chi connectivity index (χ3v) is 6.02. The van der Waals surface area contributed by atoms with Crippen molar-refractivity contribution in [2.24, 2.45) is 0 Å². The summed E-state index contributed by atoms with van der Waals surface area (Å²) in [5.41, 5.74) is 4.88. The molecule has 7 rings (SSSR count). The minimum absolute atomic E-state index is 0.775. The number of benzene rings is 5. The topological polar surface area (TPSA) is 48.1 Å². The second-order valence-electron chi connectivity index (χ2n) is 7.20. The molecule has 0 atom stereocenters. The van der Waals surface area contributed by atoms with Crippen molar-refractivity contribution >= 4 is 80.9 Å². The molecule has 2 aliphatic rings. The van der Waals surface area contributed by atoms with Crippen LogP contribution in [0, 0.1) is 0 Å². The Morgan fingerprint density at radius 1 is 0.385 bits per heavy atom. The molecule has 4 nitrogen and oxygen atoms in total. The van der Waals surface area contributed by atoms with Crippen LogP contribution in [0.1, 0.15) is 0 Å². The summed E-state index contributed by atoms with van der Waals surface area (Å²) in [6, 6.07) is 18.0. The normalized spacial score (nSPS) is 14.5. The molecule has 0 unspecified atom stereocenters. The highest BCUT2D eigenvalue weighted by atomic mass is 15.0. The number of hydrogen-bond acceptors (Lipinski definition) is 4. The fourth-order valence-corrected chi connectivity index (χ4v) is 4.95. The predicted octanol–water partition coefficient (Wildman–Crippen LogP) is 3.95.